The van der Waals surface area contributed by atoms with Gasteiger partial charge in [0.25, 0.3) is 0 Å². The van der Waals surface area contributed by atoms with Gasteiger partial charge in [0.2, 0.25) is 5.88 Å². The SMILES string of the molecule is COc1cc(CC(Br)c2cccc(I)c2)ncn1. The highest BCUT2D eigenvalue weighted by Gasteiger charge is 2.10. The van der Waals surface area contributed by atoms with Crippen LogP contribution in [0.3, 0.4) is 0 Å². The molecule has 0 N–H and O–H groups in total. The van der Waals surface area contributed by atoms with Crippen molar-refractivity contribution in [1.29, 1.82) is 0 Å². The van der Waals surface area contributed by atoms with Gasteiger partial charge < -0.3 is 4.74 Å². The number of methoxy groups -OCH3 is 1. The Morgan fingerprint density at radius 3 is 2.89 bits per heavy atom. The van der Waals surface area contributed by atoms with Crippen molar-refractivity contribution < 1.29 is 4.74 Å². The van der Waals surface area contributed by atoms with Crippen LogP contribution < -0.4 is 4.74 Å². The molecule has 2 rings (SSSR count). The van der Waals surface area contributed by atoms with Crippen LogP contribution in [0.25, 0.3) is 0 Å². The Kier molecular flexibility index (Phi) is 4.94. The van der Waals surface area contributed by atoms with E-state index in [1.165, 1.54) is 15.5 Å². The molecule has 0 saturated carbocycles. The number of ether oxygens (including phenoxy) is 1. The Labute approximate surface area is 128 Å². The first-order chi connectivity index (χ1) is 8.69. The van der Waals surface area contributed by atoms with E-state index in [0.29, 0.717) is 5.88 Å². The number of hydrogen-bond acceptors (Lipinski definition) is 3. The smallest absolute Gasteiger partial charge is 0.216 e. The average molecular weight is 419 g/mol. The van der Waals surface area contributed by atoms with Gasteiger partial charge in [0, 0.05) is 26.6 Å². The molecule has 5 heteroatoms. The summed E-state index contributed by atoms with van der Waals surface area (Å²) in [7, 11) is 1.61. The van der Waals surface area contributed by atoms with E-state index in [1.54, 1.807) is 7.11 Å². The van der Waals surface area contributed by atoms with Crippen molar-refractivity contribution in [3.63, 3.8) is 0 Å². The predicted octanol–water partition coefficient (Wildman–Crippen LogP) is 3.77. The lowest BCUT2D eigenvalue weighted by atomic mass is 10.1. The Hall–Kier alpha value is -0.690. The third kappa shape index (κ3) is 3.65. The summed E-state index contributed by atoms with van der Waals surface area (Å²) in [4.78, 5) is 8.50. The third-order valence-corrected chi connectivity index (χ3v) is 4.03. The van der Waals surface area contributed by atoms with Crippen LogP contribution in [0.15, 0.2) is 36.7 Å². The first-order valence-corrected chi connectivity index (χ1v) is 7.43. The second-order valence-corrected chi connectivity index (χ2v) is 6.13. The minimum Gasteiger partial charge on any atom is -0.481 e. The summed E-state index contributed by atoms with van der Waals surface area (Å²) in [6.45, 7) is 0. The molecule has 0 spiro atoms. The quantitative estimate of drug-likeness (QED) is 0.560. The van der Waals surface area contributed by atoms with E-state index in [1.807, 2.05) is 6.07 Å². The van der Waals surface area contributed by atoms with Crippen LogP contribution in [0, 0.1) is 3.57 Å². The van der Waals surface area contributed by atoms with Gasteiger partial charge >= 0.3 is 0 Å². The minimum atomic E-state index is 0.242. The topological polar surface area (TPSA) is 35.0 Å². The van der Waals surface area contributed by atoms with Crippen LogP contribution >= 0.6 is 38.5 Å². The van der Waals surface area contributed by atoms with Gasteiger partial charge in [0.05, 0.1) is 7.11 Å². The molecule has 0 aliphatic rings. The zero-order chi connectivity index (χ0) is 13.0. The van der Waals surface area contributed by atoms with Crippen LogP contribution in [-0.2, 0) is 6.42 Å². The lowest BCUT2D eigenvalue weighted by molar-refractivity contribution is 0.396. The highest BCUT2D eigenvalue weighted by molar-refractivity contribution is 14.1. The van der Waals surface area contributed by atoms with E-state index in [-0.39, 0.29) is 4.83 Å². The number of nitrogens with zero attached hydrogens (tertiary/aromatic N) is 2. The Morgan fingerprint density at radius 2 is 2.17 bits per heavy atom. The van der Waals surface area contributed by atoms with Gasteiger partial charge in [-0.15, -0.1) is 0 Å². The van der Waals surface area contributed by atoms with Gasteiger partial charge in [-0.2, -0.15) is 0 Å². The summed E-state index contributed by atoms with van der Waals surface area (Å²) in [5.41, 5.74) is 2.21. The summed E-state index contributed by atoms with van der Waals surface area (Å²) >= 11 is 6.01. The van der Waals surface area contributed by atoms with Gasteiger partial charge in [-0.05, 0) is 40.3 Å². The number of rotatable bonds is 4. The zero-order valence-electron chi connectivity index (χ0n) is 9.81. The Morgan fingerprint density at radius 1 is 1.33 bits per heavy atom. The number of aromatic nitrogens is 2. The highest BCUT2D eigenvalue weighted by atomic mass is 127. The van der Waals surface area contributed by atoms with E-state index in [2.05, 4.69) is 72.8 Å². The summed E-state index contributed by atoms with van der Waals surface area (Å²) in [6.07, 6.45) is 2.33. The second-order valence-electron chi connectivity index (χ2n) is 3.78. The van der Waals surface area contributed by atoms with Crippen molar-refractivity contribution in [1.82, 2.24) is 9.97 Å². The molecule has 3 nitrogen and oxygen atoms in total. The maximum atomic E-state index is 5.09. The molecule has 0 aliphatic carbocycles. The zero-order valence-corrected chi connectivity index (χ0v) is 13.6. The molecule has 0 saturated heterocycles. The molecule has 1 atom stereocenters. The molecular formula is C13H12BrIN2O. The van der Waals surface area contributed by atoms with Crippen molar-refractivity contribution in [3.05, 3.63) is 51.5 Å². The van der Waals surface area contributed by atoms with Crippen LogP contribution in [0.5, 0.6) is 5.88 Å². The molecular weight excluding hydrogens is 407 g/mol. The largest absolute Gasteiger partial charge is 0.481 e. The lowest BCUT2D eigenvalue weighted by Gasteiger charge is -2.10. The molecule has 0 aliphatic heterocycles. The van der Waals surface area contributed by atoms with E-state index in [0.717, 1.165) is 12.1 Å². The van der Waals surface area contributed by atoms with E-state index < -0.39 is 0 Å². The third-order valence-electron chi connectivity index (χ3n) is 2.51. The molecule has 1 aromatic carbocycles. The van der Waals surface area contributed by atoms with Gasteiger partial charge in [-0.3, -0.25) is 0 Å². The molecule has 1 aromatic heterocycles. The summed E-state index contributed by atoms with van der Waals surface area (Å²) < 4.78 is 6.32. The first kappa shape index (κ1) is 13.7. The molecule has 2 aromatic rings. The van der Waals surface area contributed by atoms with Crippen molar-refractivity contribution >= 4 is 38.5 Å². The van der Waals surface area contributed by atoms with Crippen LogP contribution in [-0.4, -0.2) is 17.1 Å². The minimum absolute atomic E-state index is 0.242. The van der Waals surface area contributed by atoms with Crippen molar-refractivity contribution in [2.75, 3.05) is 7.11 Å². The molecule has 1 heterocycles. The van der Waals surface area contributed by atoms with Gasteiger partial charge in [-0.25, -0.2) is 9.97 Å². The fraction of sp³-hybridized carbons (Fsp3) is 0.231. The summed E-state index contributed by atoms with van der Waals surface area (Å²) in [6, 6.07) is 10.3. The normalized spacial score (nSPS) is 12.2. The maximum absolute atomic E-state index is 5.09. The Balaban J connectivity index is 2.13. The Bertz CT molecular complexity index is 536. The van der Waals surface area contributed by atoms with Crippen LogP contribution in [0.4, 0.5) is 0 Å². The summed E-state index contributed by atoms with van der Waals surface area (Å²) in [5.74, 6) is 0.599. The fourth-order valence-corrected chi connectivity index (χ4v) is 2.79. The van der Waals surface area contributed by atoms with E-state index in [4.69, 9.17) is 4.74 Å². The fourth-order valence-electron chi connectivity index (χ4n) is 1.60. The average Bonchev–Trinajstić information content (AvgIpc) is 2.39. The van der Waals surface area contributed by atoms with Crippen LogP contribution in [0.2, 0.25) is 0 Å². The number of benzene rings is 1. The molecule has 0 bridgehead atoms. The molecule has 94 valence electrons. The van der Waals surface area contributed by atoms with E-state index in [9.17, 15) is 0 Å². The first-order valence-electron chi connectivity index (χ1n) is 5.43. The molecule has 0 amide bonds. The molecule has 1 unspecified atom stereocenters. The highest BCUT2D eigenvalue weighted by Crippen LogP contribution is 2.27. The predicted molar refractivity (Wildman–Crippen MR) is 83.1 cm³/mol. The van der Waals surface area contributed by atoms with Crippen molar-refractivity contribution in [2.24, 2.45) is 0 Å². The van der Waals surface area contributed by atoms with Gasteiger partial charge in [0.1, 0.15) is 6.33 Å². The number of alkyl halides is 1. The monoisotopic (exact) mass is 418 g/mol. The lowest BCUT2D eigenvalue weighted by Crippen LogP contribution is -2.00. The maximum Gasteiger partial charge on any atom is 0.216 e. The number of hydrogen-bond donors (Lipinski definition) is 0. The molecule has 0 fully saturated rings. The molecule has 18 heavy (non-hydrogen) atoms. The standard InChI is InChI=1S/C13H12BrIN2O/c1-18-13-7-11(16-8-17-13)6-12(14)9-3-2-4-10(15)5-9/h2-5,7-8,12H,6H2,1H3. The second kappa shape index (κ2) is 6.47. The van der Waals surface area contributed by atoms with Gasteiger partial charge in [0.15, 0.2) is 0 Å². The van der Waals surface area contributed by atoms with E-state index >= 15 is 0 Å². The van der Waals surface area contributed by atoms with Crippen LogP contribution in [0.1, 0.15) is 16.1 Å². The van der Waals surface area contributed by atoms with Gasteiger partial charge in [-0.1, -0.05) is 28.1 Å². The summed E-state index contributed by atoms with van der Waals surface area (Å²) in [5, 5.41) is 0. The van der Waals surface area contributed by atoms with Crippen molar-refractivity contribution in [3.8, 4) is 5.88 Å². The molecule has 0 radical (unpaired) electrons. The van der Waals surface area contributed by atoms with Crippen molar-refractivity contribution in [2.45, 2.75) is 11.2 Å². The number of halogens is 2.